The van der Waals surface area contributed by atoms with E-state index in [0.29, 0.717) is 5.96 Å². The summed E-state index contributed by atoms with van der Waals surface area (Å²) < 4.78 is -2.08. The number of rotatable bonds is 3. The van der Waals surface area contributed by atoms with Gasteiger partial charge in [0.1, 0.15) is 0 Å². The molecule has 3 N–H and O–H groups in total. The first kappa shape index (κ1) is 18.7. The van der Waals surface area contributed by atoms with Gasteiger partial charge in [0, 0.05) is 0 Å². The number of nitrogens with one attached hydrogen (secondary N) is 3. The molecule has 0 bridgehead atoms. The van der Waals surface area contributed by atoms with Gasteiger partial charge in [-0.05, 0) is 18.9 Å². The van der Waals surface area contributed by atoms with Crippen molar-refractivity contribution in [1.82, 2.24) is 20.9 Å². The van der Waals surface area contributed by atoms with Crippen molar-refractivity contribution in [1.29, 1.82) is 0 Å². The minimum atomic E-state index is -2.08. The van der Waals surface area contributed by atoms with E-state index in [9.17, 15) is 4.79 Å². The Bertz CT molecular complexity index is 644. The van der Waals surface area contributed by atoms with Gasteiger partial charge in [-0.1, -0.05) is 67.7 Å². The molecular weight excluding hydrogens is 385 g/mol. The molecule has 0 aliphatic carbocycles. The third kappa shape index (κ3) is 3.09. The quantitative estimate of drug-likeness (QED) is 0.496. The topological polar surface area (TPSA) is 68.8 Å². The zero-order valence-electron chi connectivity index (χ0n) is 14.2. The van der Waals surface area contributed by atoms with Crippen LogP contribution in [-0.4, -0.2) is 44.3 Å². The molecule has 1 amide bonds. The van der Waals surface area contributed by atoms with E-state index in [2.05, 4.69) is 58.4 Å². The van der Waals surface area contributed by atoms with Crippen LogP contribution in [0.5, 0.6) is 0 Å². The fourth-order valence-corrected chi connectivity index (χ4v) is 4.00. The standard InChI is InChI=1S/C16H22Cl3N5O/c1-4-6-10-7-8-15-12(20-9(3)23-15)11(5-2)21-14(24(10)15)22-13(25)16(17,18)19/h7-8,10-12,20,23H,3-6H2,1-2H3,(H,21,22,25)/t10-,11-,12-,15+/m0/s1. The monoisotopic (exact) mass is 405 g/mol. The van der Waals surface area contributed by atoms with Crippen molar-refractivity contribution in [3.8, 4) is 0 Å². The van der Waals surface area contributed by atoms with Crippen LogP contribution < -0.4 is 16.0 Å². The molecule has 0 aromatic heterocycles. The molecule has 0 aromatic rings. The van der Waals surface area contributed by atoms with Gasteiger partial charge in [-0.3, -0.25) is 4.79 Å². The molecule has 0 unspecified atom stereocenters. The normalized spacial score (nSPS) is 35.1. The summed E-state index contributed by atoms with van der Waals surface area (Å²) in [6.07, 6.45) is 7.00. The molecule has 1 spiro atoms. The van der Waals surface area contributed by atoms with Crippen LogP contribution in [-0.2, 0) is 4.79 Å². The van der Waals surface area contributed by atoms with E-state index in [1.54, 1.807) is 0 Å². The number of hydrogen-bond acceptors (Lipinski definition) is 3. The average molecular weight is 407 g/mol. The summed E-state index contributed by atoms with van der Waals surface area (Å²) in [7, 11) is 0. The summed E-state index contributed by atoms with van der Waals surface area (Å²) in [4.78, 5) is 18.4. The summed E-state index contributed by atoms with van der Waals surface area (Å²) in [5.74, 6) is 0.355. The van der Waals surface area contributed by atoms with Gasteiger partial charge in [-0.15, -0.1) is 0 Å². The minimum Gasteiger partial charge on any atom is -0.363 e. The molecular formula is C16H22Cl3N5O. The Morgan fingerprint density at radius 2 is 2.12 bits per heavy atom. The number of carbonyl (C=O) groups excluding carboxylic acids is 1. The van der Waals surface area contributed by atoms with Gasteiger partial charge in [0.25, 0.3) is 3.79 Å². The number of amides is 1. The van der Waals surface area contributed by atoms with Crippen molar-refractivity contribution in [2.24, 2.45) is 4.99 Å². The second-order valence-electron chi connectivity index (χ2n) is 6.53. The number of halogens is 3. The lowest BCUT2D eigenvalue weighted by Crippen LogP contribution is -2.74. The first-order chi connectivity index (χ1) is 11.7. The highest BCUT2D eigenvalue weighted by molar-refractivity contribution is 6.76. The average Bonchev–Trinajstić information content (AvgIpc) is 3.05. The maximum Gasteiger partial charge on any atom is 0.300 e. The maximum absolute atomic E-state index is 12.2. The minimum absolute atomic E-state index is 0.0370. The van der Waals surface area contributed by atoms with Crippen LogP contribution in [0.1, 0.15) is 33.1 Å². The van der Waals surface area contributed by atoms with Gasteiger partial charge in [0.15, 0.2) is 5.66 Å². The largest absolute Gasteiger partial charge is 0.363 e. The van der Waals surface area contributed by atoms with Crippen molar-refractivity contribution in [3.63, 3.8) is 0 Å². The van der Waals surface area contributed by atoms with Crippen molar-refractivity contribution in [2.75, 3.05) is 0 Å². The van der Waals surface area contributed by atoms with Gasteiger partial charge in [-0.25, -0.2) is 0 Å². The second-order valence-corrected chi connectivity index (χ2v) is 8.81. The SMILES string of the molecule is C=C1N[C@H]2[C@H](CC)N/C(=N\C(=O)C(Cl)(Cl)Cl)N3[C@@H](CCC)C=C[C@]23N1. The third-order valence-electron chi connectivity index (χ3n) is 4.88. The highest BCUT2D eigenvalue weighted by Gasteiger charge is 2.58. The number of alkyl halides is 3. The second kappa shape index (κ2) is 6.56. The molecule has 9 heteroatoms. The molecule has 3 heterocycles. The molecule has 6 nitrogen and oxygen atoms in total. The van der Waals surface area contributed by atoms with Gasteiger partial charge in [0.05, 0.1) is 23.9 Å². The van der Waals surface area contributed by atoms with E-state index in [0.717, 1.165) is 25.1 Å². The van der Waals surface area contributed by atoms with Crippen LogP contribution in [0.3, 0.4) is 0 Å². The zero-order chi connectivity index (χ0) is 18.4. The molecule has 0 radical (unpaired) electrons. The summed E-state index contributed by atoms with van der Waals surface area (Å²) >= 11 is 17.1. The Kier molecular flexibility index (Phi) is 4.90. The van der Waals surface area contributed by atoms with Crippen molar-refractivity contribution in [2.45, 2.75) is 60.7 Å². The summed E-state index contributed by atoms with van der Waals surface area (Å²) in [6.45, 7) is 8.20. The molecule has 138 valence electrons. The summed E-state index contributed by atoms with van der Waals surface area (Å²) in [5.41, 5.74) is -0.532. The van der Waals surface area contributed by atoms with Gasteiger partial charge >= 0.3 is 5.91 Å². The molecule has 0 aromatic carbocycles. The van der Waals surface area contributed by atoms with Crippen LogP contribution in [0.4, 0.5) is 0 Å². The lowest BCUT2D eigenvalue weighted by atomic mass is 9.90. The number of hydrogen-bond donors (Lipinski definition) is 3. The van der Waals surface area contributed by atoms with E-state index >= 15 is 0 Å². The van der Waals surface area contributed by atoms with Crippen molar-refractivity contribution >= 4 is 46.7 Å². The fraction of sp³-hybridized carbons (Fsp3) is 0.625. The summed E-state index contributed by atoms with van der Waals surface area (Å²) in [5, 5.41) is 10.2. The highest BCUT2D eigenvalue weighted by Crippen LogP contribution is 2.39. The number of guanidine groups is 1. The van der Waals surface area contributed by atoms with Gasteiger partial charge in [-0.2, -0.15) is 4.99 Å². The molecule has 0 saturated carbocycles. The Morgan fingerprint density at radius 1 is 1.40 bits per heavy atom. The van der Waals surface area contributed by atoms with Crippen LogP contribution >= 0.6 is 34.8 Å². The van der Waals surface area contributed by atoms with Crippen LogP contribution in [0.15, 0.2) is 29.5 Å². The Morgan fingerprint density at radius 3 is 2.72 bits per heavy atom. The van der Waals surface area contributed by atoms with Crippen LogP contribution in [0.2, 0.25) is 0 Å². The molecule has 3 aliphatic rings. The van der Waals surface area contributed by atoms with Gasteiger partial charge < -0.3 is 20.9 Å². The van der Waals surface area contributed by atoms with Crippen LogP contribution in [0.25, 0.3) is 0 Å². The maximum atomic E-state index is 12.2. The van der Waals surface area contributed by atoms with E-state index in [4.69, 9.17) is 34.8 Å². The Hall–Kier alpha value is -1.11. The predicted octanol–water partition coefficient (Wildman–Crippen LogP) is 2.39. The van der Waals surface area contributed by atoms with E-state index < -0.39 is 15.4 Å². The number of carbonyl (C=O) groups is 1. The third-order valence-corrected chi connectivity index (χ3v) is 5.36. The van der Waals surface area contributed by atoms with Crippen molar-refractivity contribution < 1.29 is 4.79 Å². The molecule has 2 fully saturated rings. The van der Waals surface area contributed by atoms with Crippen molar-refractivity contribution in [3.05, 3.63) is 24.6 Å². The molecule has 4 atom stereocenters. The summed E-state index contributed by atoms with van der Waals surface area (Å²) in [6, 6.07) is 0.166. The van der Waals surface area contributed by atoms with E-state index in [-0.39, 0.29) is 18.1 Å². The van der Waals surface area contributed by atoms with E-state index in [1.807, 2.05) is 0 Å². The fourth-order valence-electron chi connectivity index (χ4n) is 3.87. The highest BCUT2D eigenvalue weighted by atomic mass is 35.6. The van der Waals surface area contributed by atoms with Crippen LogP contribution in [0, 0.1) is 0 Å². The lowest BCUT2D eigenvalue weighted by molar-refractivity contribution is -0.117. The molecule has 3 aliphatic heterocycles. The number of nitrogens with zero attached hydrogens (tertiary/aromatic N) is 2. The number of aliphatic imine (C=N–C) groups is 1. The zero-order valence-corrected chi connectivity index (χ0v) is 16.4. The van der Waals surface area contributed by atoms with Gasteiger partial charge in [0.2, 0.25) is 5.96 Å². The Balaban J connectivity index is 2.05. The Labute approximate surface area is 162 Å². The lowest BCUT2D eigenvalue weighted by Gasteiger charge is -2.50. The first-order valence-electron chi connectivity index (χ1n) is 8.41. The molecule has 2 saturated heterocycles. The predicted molar refractivity (Wildman–Crippen MR) is 102 cm³/mol. The molecule has 25 heavy (non-hydrogen) atoms. The molecule has 3 rings (SSSR count). The first-order valence-corrected chi connectivity index (χ1v) is 9.55. The smallest absolute Gasteiger partial charge is 0.300 e. The van der Waals surface area contributed by atoms with E-state index in [1.165, 1.54) is 0 Å².